The van der Waals surface area contributed by atoms with E-state index in [2.05, 4.69) is 47.8 Å². The third kappa shape index (κ3) is 2.47. The number of carbonyl (C=O) groups excluding carboxylic acids is 1. The van der Waals surface area contributed by atoms with E-state index in [-0.39, 0.29) is 0 Å². The highest BCUT2D eigenvalue weighted by molar-refractivity contribution is 9.39. The van der Waals surface area contributed by atoms with Gasteiger partial charge in [0.25, 0.3) is 0 Å². The van der Waals surface area contributed by atoms with Gasteiger partial charge in [-0.1, -0.05) is 47.8 Å². The van der Waals surface area contributed by atoms with E-state index in [9.17, 15) is 4.79 Å². The molecule has 0 N–H and O–H groups in total. The molecule has 0 aromatic heterocycles. The highest BCUT2D eigenvalue weighted by Crippen LogP contribution is 2.50. The molecule has 0 amide bonds. The zero-order chi connectivity index (χ0) is 8.58. The molecule has 5 heteroatoms. The smallest absolute Gasteiger partial charge is 0.230 e. The molecule has 0 saturated heterocycles. The average molecular weight is 357 g/mol. The monoisotopic (exact) mass is 354 g/mol. The second kappa shape index (κ2) is 3.42. The van der Waals surface area contributed by atoms with Crippen LogP contribution in [0.3, 0.4) is 0 Å². The van der Waals surface area contributed by atoms with Crippen LogP contribution in [-0.4, -0.2) is 7.39 Å². The van der Waals surface area contributed by atoms with Crippen molar-refractivity contribution in [3.63, 3.8) is 0 Å². The molecular weight excluding hydrogens is 351 g/mol. The maximum absolute atomic E-state index is 10.8. The summed E-state index contributed by atoms with van der Waals surface area (Å²) >= 11 is 15.0. The summed E-state index contributed by atoms with van der Waals surface area (Å²) in [4.78, 5) is 10.8. The Morgan fingerprint density at radius 3 is 1.60 bits per heavy atom. The lowest BCUT2D eigenvalue weighted by molar-refractivity contribution is -0.118. The Morgan fingerprint density at radius 2 is 1.60 bits per heavy atom. The van der Waals surface area contributed by atoms with Crippen LogP contribution in [0.25, 0.3) is 0 Å². The van der Waals surface area contributed by atoms with Crippen molar-refractivity contribution in [3.8, 4) is 0 Å². The molecule has 0 aromatic carbocycles. The van der Waals surface area contributed by atoms with Crippen LogP contribution in [0.2, 0.25) is 0 Å². The van der Waals surface area contributed by atoms with Gasteiger partial charge < -0.3 is 0 Å². The number of carbonyl (C=O) groups is 1. The van der Waals surface area contributed by atoms with E-state index in [1.165, 1.54) is 0 Å². The van der Waals surface area contributed by atoms with E-state index in [0.29, 0.717) is 0 Å². The lowest BCUT2D eigenvalue weighted by Crippen LogP contribution is -2.33. The molecule has 0 aliphatic heterocycles. The first-order valence-electron chi connectivity index (χ1n) is 2.46. The van der Waals surface area contributed by atoms with Gasteiger partial charge in [0.1, 0.15) is 2.14 Å². The Hall–Kier alpha value is 1.40. The first-order valence-corrected chi connectivity index (χ1v) is 5.22. The summed E-state index contributed by atoms with van der Waals surface area (Å²) in [5.41, 5.74) is -0.686. The van der Waals surface area contributed by atoms with Crippen LogP contribution in [-0.2, 0) is 4.79 Å². The van der Waals surface area contributed by atoms with E-state index in [1.54, 1.807) is 13.8 Å². The van der Waals surface area contributed by atoms with Crippen LogP contribution < -0.4 is 0 Å². The lowest BCUT2D eigenvalue weighted by atomic mass is 9.99. The van der Waals surface area contributed by atoms with Crippen molar-refractivity contribution in [2.24, 2.45) is 5.41 Å². The molecule has 0 bridgehead atoms. The van der Waals surface area contributed by atoms with Gasteiger partial charge >= 0.3 is 0 Å². The van der Waals surface area contributed by atoms with Crippen molar-refractivity contribution in [2.75, 3.05) is 0 Å². The van der Waals surface area contributed by atoms with Crippen molar-refractivity contribution in [2.45, 2.75) is 16.0 Å². The number of hydrogen-bond acceptors (Lipinski definition) is 1. The van der Waals surface area contributed by atoms with Crippen LogP contribution in [0.15, 0.2) is 0 Å². The van der Waals surface area contributed by atoms with Gasteiger partial charge in [0, 0.05) is 0 Å². The summed E-state index contributed by atoms with van der Waals surface area (Å²) in [5.74, 6) is 0. The molecule has 10 heavy (non-hydrogen) atoms. The molecule has 0 heterocycles. The quantitative estimate of drug-likeness (QED) is 0.518. The molecule has 0 saturated carbocycles. The fraction of sp³-hybridized carbons (Fsp3) is 0.800. The zero-order valence-corrected chi connectivity index (χ0v) is 10.9. The molecule has 60 valence electrons. The van der Waals surface area contributed by atoms with Crippen LogP contribution >= 0.6 is 59.4 Å². The van der Waals surface area contributed by atoms with Gasteiger partial charge in [-0.2, -0.15) is 0 Å². The Balaban J connectivity index is 4.57. The SMILES string of the molecule is CC(C)(C(=O)Cl)C(Br)(Br)Br. The van der Waals surface area contributed by atoms with Gasteiger partial charge in [-0.25, -0.2) is 0 Å². The minimum Gasteiger partial charge on any atom is -0.281 e. The van der Waals surface area contributed by atoms with E-state index in [0.717, 1.165) is 0 Å². The van der Waals surface area contributed by atoms with Crippen molar-refractivity contribution < 1.29 is 4.79 Å². The molecule has 0 aliphatic rings. The van der Waals surface area contributed by atoms with Gasteiger partial charge in [0.05, 0.1) is 5.41 Å². The third-order valence-corrected chi connectivity index (χ3v) is 4.65. The first-order chi connectivity index (χ1) is 4.19. The summed E-state index contributed by atoms with van der Waals surface area (Å²) in [6.45, 7) is 3.45. The standard InChI is InChI=1S/C5H6Br3ClO/c1-4(2,3(9)10)5(6,7)8/h1-2H3. The predicted octanol–water partition coefficient (Wildman–Crippen LogP) is 3.62. The van der Waals surface area contributed by atoms with Crippen molar-refractivity contribution in [1.82, 2.24) is 0 Å². The fourth-order valence-corrected chi connectivity index (χ4v) is 1.14. The van der Waals surface area contributed by atoms with Crippen LogP contribution in [0.5, 0.6) is 0 Å². The molecular formula is C5H6Br3ClO. The van der Waals surface area contributed by atoms with E-state index in [1.807, 2.05) is 0 Å². The maximum Gasteiger partial charge on any atom is 0.230 e. The lowest BCUT2D eigenvalue weighted by Gasteiger charge is -2.29. The molecule has 0 rings (SSSR count). The predicted molar refractivity (Wildman–Crippen MR) is 54.2 cm³/mol. The highest BCUT2D eigenvalue weighted by atomic mass is 80.0. The molecule has 0 spiro atoms. The van der Waals surface area contributed by atoms with Crippen LogP contribution in [0, 0.1) is 5.41 Å². The Labute approximate surface area is 90.3 Å². The van der Waals surface area contributed by atoms with E-state index >= 15 is 0 Å². The van der Waals surface area contributed by atoms with Crippen molar-refractivity contribution in [3.05, 3.63) is 0 Å². The summed E-state index contributed by atoms with van der Waals surface area (Å²) in [6.07, 6.45) is 0. The summed E-state index contributed by atoms with van der Waals surface area (Å²) in [7, 11) is 0. The van der Waals surface area contributed by atoms with Gasteiger partial charge in [0.15, 0.2) is 0 Å². The summed E-state index contributed by atoms with van der Waals surface area (Å²) < 4.78 is -0.626. The van der Waals surface area contributed by atoms with Gasteiger partial charge in [-0.05, 0) is 25.4 Å². The number of rotatable bonds is 1. The average Bonchev–Trinajstić information content (AvgIpc) is 1.62. The maximum atomic E-state index is 10.8. The Bertz CT molecular complexity index is 149. The third-order valence-electron chi connectivity index (χ3n) is 1.20. The fourth-order valence-electron chi connectivity index (χ4n) is 0.111. The largest absolute Gasteiger partial charge is 0.281 e. The molecule has 1 nitrogen and oxygen atoms in total. The normalized spacial score (nSPS) is 13.4. The number of halogens is 4. The van der Waals surface area contributed by atoms with Gasteiger partial charge in [-0.15, -0.1) is 0 Å². The molecule has 0 aliphatic carbocycles. The summed E-state index contributed by atoms with van der Waals surface area (Å²) in [5, 5.41) is -0.405. The Kier molecular flexibility index (Phi) is 3.89. The molecule has 0 radical (unpaired) electrons. The number of hydrogen-bond donors (Lipinski definition) is 0. The van der Waals surface area contributed by atoms with Gasteiger partial charge in [-0.3, -0.25) is 4.79 Å². The minimum absolute atomic E-state index is 0.405. The zero-order valence-electron chi connectivity index (χ0n) is 5.42. The van der Waals surface area contributed by atoms with Gasteiger partial charge in [0.2, 0.25) is 5.24 Å². The van der Waals surface area contributed by atoms with Crippen molar-refractivity contribution >= 4 is 64.6 Å². The van der Waals surface area contributed by atoms with E-state index < -0.39 is 12.8 Å². The van der Waals surface area contributed by atoms with E-state index in [4.69, 9.17) is 11.6 Å². The first kappa shape index (κ1) is 11.4. The molecule has 0 unspecified atom stereocenters. The molecule has 0 fully saturated rings. The van der Waals surface area contributed by atoms with Crippen LogP contribution in [0.1, 0.15) is 13.8 Å². The minimum atomic E-state index is -0.686. The van der Waals surface area contributed by atoms with Crippen molar-refractivity contribution in [1.29, 1.82) is 0 Å². The molecule has 0 atom stereocenters. The molecule has 0 aromatic rings. The second-order valence-electron chi connectivity index (χ2n) is 2.40. The summed E-state index contributed by atoms with van der Waals surface area (Å²) in [6, 6.07) is 0. The highest BCUT2D eigenvalue weighted by Gasteiger charge is 2.43. The van der Waals surface area contributed by atoms with Crippen LogP contribution in [0.4, 0.5) is 0 Å². The second-order valence-corrected chi connectivity index (χ2v) is 9.50. The Morgan fingerprint density at radius 1 is 1.30 bits per heavy atom. The number of alkyl halides is 3. The topological polar surface area (TPSA) is 17.1 Å².